The fourth-order valence-corrected chi connectivity index (χ4v) is 5.05. The van der Waals surface area contributed by atoms with Gasteiger partial charge in [0.1, 0.15) is 0 Å². The van der Waals surface area contributed by atoms with Crippen LogP contribution < -0.4 is 4.90 Å². The number of fused-ring (bicyclic) bond motifs is 2. The van der Waals surface area contributed by atoms with Crippen LogP contribution in [0, 0.1) is 6.92 Å². The summed E-state index contributed by atoms with van der Waals surface area (Å²) >= 11 is 3.09. The first kappa shape index (κ1) is 18.0. The molecule has 2 heterocycles. The summed E-state index contributed by atoms with van der Waals surface area (Å²) < 4.78 is 2.10. The lowest BCUT2D eigenvalue weighted by Gasteiger charge is -2.20. The second-order valence-corrected chi connectivity index (χ2v) is 8.77. The van der Waals surface area contributed by atoms with Gasteiger partial charge in [0.25, 0.3) is 5.91 Å². The fraction of sp³-hybridized carbons (Fsp3) is 0.0870. The molecule has 0 spiro atoms. The molecular formula is C23H17N3OS2. The van der Waals surface area contributed by atoms with E-state index in [0.29, 0.717) is 17.2 Å². The van der Waals surface area contributed by atoms with Crippen molar-refractivity contribution in [3.05, 3.63) is 88.9 Å². The molecule has 0 fully saturated rings. The SMILES string of the molecule is Cc1ccc2nc(N(Cc3ccccc3)C(=O)c3ccc4ncsc4c3)sc2c1. The lowest BCUT2D eigenvalue weighted by molar-refractivity contribution is 0.0985. The molecule has 0 aliphatic carbocycles. The molecule has 0 aliphatic heterocycles. The van der Waals surface area contributed by atoms with Crippen molar-refractivity contribution in [2.24, 2.45) is 0 Å². The van der Waals surface area contributed by atoms with E-state index >= 15 is 0 Å². The van der Waals surface area contributed by atoms with Gasteiger partial charge in [0, 0.05) is 5.56 Å². The van der Waals surface area contributed by atoms with Crippen LogP contribution in [0.5, 0.6) is 0 Å². The monoisotopic (exact) mass is 415 g/mol. The summed E-state index contributed by atoms with van der Waals surface area (Å²) in [6, 6.07) is 21.9. The Labute approximate surface area is 176 Å². The van der Waals surface area contributed by atoms with E-state index in [4.69, 9.17) is 4.98 Å². The predicted octanol–water partition coefficient (Wildman–Crippen LogP) is 6.06. The Balaban J connectivity index is 1.59. The van der Waals surface area contributed by atoms with Gasteiger partial charge < -0.3 is 0 Å². The van der Waals surface area contributed by atoms with Crippen molar-refractivity contribution in [3.8, 4) is 0 Å². The van der Waals surface area contributed by atoms with Crippen LogP contribution in [0.2, 0.25) is 0 Å². The highest BCUT2D eigenvalue weighted by atomic mass is 32.1. The Morgan fingerprint density at radius 1 is 0.966 bits per heavy atom. The number of carbonyl (C=O) groups excluding carboxylic acids is 1. The zero-order valence-corrected chi connectivity index (χ0v) is 17.3. The van der Waals surface area contributed by atoms with Gasteiger partial charge >= 0.3 is 0 Å². The molecule has 0 saturated carbocycles. The van der Waals surface area contributed by atoms with E-state index in [2.05, 4.69) is 18.0 Å². The highest BCUT2D eigenvalue weighted by Gasteiger charge is 2.22. The molecule has 0 N–H and O–H groups in total. The molecule has 0 aliphatic rings. The second-order valence-electron chi connectivity index (χ2n) is 6.88. The van der Waals surface area contributed by atoms with E-state index in [-0.39, 0.29) is 5.91 Å². The standard InChI is InChI=1S/C23H17N3OS2/c1-15-7-9-19-21(11-15)29-23(25-19)26(13-16-5-3-2-4-6-16)22(27)17-8-10-18-20(12-17)28-14-24-18/h2-12,14H,13H2,1H3. The molecule has 0 saturated heterocycles. The number of carbonyl (C=O) groups is 1. The maximum Gasteiger partial charge on any atom is 0.260 e. The Kier molecular flexibility index (Phi) is 4.58. The quantitative estimate of drug-likeness (QED) is 0.358. The first-order valence-corrected chi connectivity index (χ1v) is 10.9. The van der Waals surface area contributed by atoms with Crippen LogP contribution in [0.25, 0.3) is 20.4 Å². The van der Waals surface area contributed by atoms with Crippen LogP contribution in [0.4, 0.5) is 5.13 Å². The minimum atomic E-state index is -0.0556. The maximum atomic E-state index is 13.5. The molecule has 6 heteroatoms. The molecule has 4 nitrogen and oxygen atoms in total. The van der Waals surface area contributed by atoms with Crippen LogP contribution in [-0.2, 0) is 6.54 Å². The van der Waals surface area contributed by atoms with Crippen molar-refractivity contribution in [3.63, 3.8) is 0 Å². The first-order valence-electron chi connectivity index (χ1n) is 9.23. The van der Waals surface area contributed by atoms with Gasteiger partial charge in [-0.25, -0.2) is 9.97 Å². The Hall–Kier alpha value is -3.09. The normalized spacial score (nSPS) is 11.2. The number of amides is 1. The Morgan fingerprint density at radius 2 is 1.79 bits per heavy atom. The van der Waals surface area contributed by atoms with Crippen molar-refractivity contribution in [1.29, 1.82) is 0 Å². The summed E-state index contributed by atoms with van der Waals surface area (Å²) in [7, 11) is 0. The van der Waals surface area contributed by atoms with Crippen LogP contribution in [0.15, 0.2) is 72.2 Å². The van der Waals surface area contributed by atoms with E-state index in [1.54, 1.807) is 33.1 Å². The van der Waals surface area contributed by atoms with Crippen LogP contribution in [0.3, 0.4) is 0 Å². The molecule has 0 atom stereocenters. The highest BCUT2D eigenvalue weighted by Crippen LogP contribution is 2.32. The highest BCUT2D eigenvalue weighted by molar-refractivity contribution is 7.22. The van der Waals surface area contributed by atoms with E-state index in [1.807, 2.05) is 60.7 Å². The summed E-state index contributed by atoms with van der Waals surface area (Å²) in [6.45, 7) is 2.54. The minimum absolute atomic E-state index is 0.0556. The number of hydrogen-bond acceptors (Lipinski definition) is 5. The third-order valence-electron chi connectivity index (χ3n) is 4.77. The third kappa shape index (κ3) is 3.52. The van der Waals surface area contributed by atoms with Gasteiger partial charge in [0.2, 0.25) is 0 Å². The van der Waals surface area contributed by atoms with Gasteiger partial charge in [-0.1, -0.05) is 47.7 Å². The second kappa shape index (κ2) is 7.39. The lowest BCUT2D eigenvalue weighted by atomic mass is 10.1. The number of benzene rings is 3. The van der Waals surface area contributed by atoms with Crippen LogP contribution in [0.1, 0.15) is 21.5 Å². The van der Waals surface area contributed by atoms with Gasteiger partial charge in [0.15, 0.2) is 5.13 Å². The molecule has 5 rings (SSSR count). The van der Waals surface area contributed by atoms with Crippen molar-refractivity contribution in [2.75, 3.05) is 4.90 Å². The first-order chi connectivity index (χ1) is 14.2. The average Bonchev–Trinajstić information content (AvgIpc) is 3.38. The number of thiazole rings is 2. The molecule has 1 amide bonds. The van der Waals surface area contributed by atoms with Crippen LogP contribution >= 0.6 is 22.7 Å². The van der Waals surface area contributed by atoms with Gasteiger partial charge in [-0.05, 0) is 48.4 Å². The molecule has 0 bridgehead atoms. The molecule has 5 aromatic rings. The number of nitrogens with zero attached hydrogens (tertiary/aromatic N) is 3. The molecule has 29 heavy (non-hydrogen) atoms. The smallest absolute Gasteiger partial charge is 0.260 e. The molecular weight excluding hydrogens is 398 g/mol. The summed E-state index contributed by atoms with van der Waals surface area (Å²) in [5.41, 5.74) is 6.53. The molecule has 3 aromatic carbocycles. The Morgan fingerprint density at radius 3 is 2.66 bits per heavy atom. The third-order valence-corrected chi connectivity index (χ3v) is 6.60. The van der Waals surface area contributed by atoms with E-state index in [9.17, 15) is 4.79 Å². The molecule has 0 unspecified atom stereocenters. The number of rotatable bonds is 4. The number of anilines is 1. The average molecular weight is 416 g/mol. The van der Waals surface area contributed by atoms with E-state index in [0.717, 1.165) is 26.0 Å². The molecule has 2 aromatic heterocycles. The maximum absolute atomic E-state index is 13.5. The summed E-state index contributed by atoms with van der Waals surface area (Å²) in [6.07, 6.45) is 0. The zero-order valence-electron chi connectivity index (χ0n) is 15.7. The van der Waals surface area contributed by atoms with Crippen molar-refractivity contribution >= 4 is 54.1 Å². The number of hydrogen-bond donors (Lipinski definition) is 0. The zero-order chi connectivity index (χ0) is 19.8. The summed E-state index contributed by atoms with van der Waals surface area (Å²) in [5.74, 6) is -0.0556. The van der Waals surface area contributed by atoms with E-state index < -0.39 is 0 Å². The van der Waals surface area contributed by atoms with Gasteiger partial charge in [-0.15, -0.1) is 11.3 Å². The Bertz CT molecular complexity index is 1320. The fourth-order valence-electron chi connectivity index (χ4n) is 3.27. The molecule has 0 radical (unpaired) electrons. The van der Waals surface area contributed by atoms with Crippen molar-refractivity contribution < 1.29 is 4.79 Å². The van der Waals surface area contributed by atoms with Crippen molar-refractivity contribution in [1.82, 2.24) is 9.97 Å². The molecule has 142 valence electrons. The lowest BCUT2D eigenvalue weighted by Crippen LogP contribution is -2.30. The minimum Gasteiger partial charge on any atom is -0.279 e. The number of aromatic nitrogens is 2. The van der Waals surface area contributed by atoms with Gasteiger partial charge in [0.05, 0.1) is 32.5 Å². The van der Waals surface area contributed by atoms with Gasteiger partial charge in [-0.3, -0.25) is 9.69 Å². The predicted molar refractivity (Wildman–Crippen MR) is 121 cm³/mol. The largest absolute Gasteiger partial charge is 0.279 e. The number of aryl methyl sites for hydroxylation is 1. The summed E-state index contributed by atoms with van der Waals surface area (Å²) in [5, 5.41) is 0.712. The van der Waals surface area contributed by atoms with E-state index in [1.165, 1.54) is 5.56 Å². The van der Waals surface area contributed by atoms with Crippen molar-refractivity contribution in [2.45, 2.75) is 13.5 Å². The van der Waals surface area contributed by atoms with Gasteiger partial charge in [-0.2, -0.15) is 0 Å². The van der Waals surface area contributed by atoms with Crippen LogP contribution in [-0.4, -0.2) is 15.9 Å². The summed E-state index contributed by atoms with van der Waals surface area (Å²) in [4.78, 5) is 24.4. The topological polar surface area (TPSA) is 46.1 Å².